The van der Waals surface area contributed by atoms with E-state index >= 15 is 0 Å². The first-order valence-corrected chi connectivity index (χ1v) is 6.50. The van der Waals surface area contributed by atoms with Gasteiger partial charge in [-0.3, -0.25) is 0 Å². The zero-order valence-corrected chi connectivity index (χ0v) is 11.8. The standard InChI is InChI=1S/C12H9BrF3NO3/c1-2-19-11(18)10-8(5-13)3-7(6-17)4-9(10)20-12(14,15)16/h3-4H,2,5H2,1H3. The van der Waals surface area contributed by atoms with Crippen molar-refractivity contribution in [3.8, 4) is 11.8 Å². The van der Waals surface area contributed by atoms with Crippen LogP contribution in [0.15, 0.2) is 12.1 Å². The predicted molar refractivity (Wildman–Crippen MR) is 66.4 cm³/mol. The molecule has 0 aromatic heterocycles. The van der Waals surface area contributed by atoms with E-state index in [1.165, 1.54) is 13.0 Å². The SMILES string of the molecule is CCOC(=O)c1c(CBr)cc(C#N)cc1OC(F)(F)F. The number of alkyl halides is 4. The van der Waals surface area contributed by atoms with Crippen LogP contribution in [-0.2, 0) is 10.1 Å². The molecule has 0 heterocycles. The van der Waals surface area contributed by atoms with Gasteiger partial charge in [0, 0.05) is 5.33 Å². The fourth-order valence-electron chi connectivity index (χ4n) is 1.48. The number of nitrogens with zero attached hydrogens (tertiary/aromatic N) is 1. The van der Waals surface area contributed by atoms with Crippen LogP contribution in [-0.4, -0.2) is 18.9 Å². The molecule has 0 bridgehead atoms. The molecule has 0 fully saturated rings. The minimum Gasteiger partial charge on any atom is -0.462 e. The fourth-order valence-corrected chi connectivity index (χ4v) is 1.93. The number of carbonyl (C=O) groups excluding carboxylic acids is 1. The summed E-state index contributed by atoms with van der Waals surface area (Å²) in [5, 5.41) is 8.87. The van der Waals surface area contributed by atoms with Crippen LogP contribution in [0.4, 0.5) is 13.2 Å². The number of esters is 1. The van der Waals surface area contributed by atoms with Crippen LogP contribution in [0.25, 0.3) is 0 Å². The van der Waals surface area contributed by atoms with Crippen molar-refractivity contribution in [2.24, 2.45) is 0 Å². The summed E-state index contributed by atoms with van der Waals surface area (Å²) in [6, 6.07) is 3.85. The maximum absolute atomic E-state index is 12.4. The summed E-state index contributed by atoms with van der Waals surface area (Å²) in [7, 11) is 0. The van der Waals surface area contributed by atoms with Crippen molar-refractivity contribution in [1.82, 2.24) is 0 Å². The molecule has 108 valence electrons. The molecule has 4 nitrogen and oxygen atoms in total. The van der Waals surface area contributed by atoms with Gasteiger partial charge < -0.3 is 9.47 Å². The van der Waals surface area contributed by atoms with Crippen molar-refractivity contribution < 1.29 is 27.4 Å². The molecule has 0 N–H and O–H groups in total. The number of rotatable bonds is 4. The molecule has 20 heavy (non-hydrogen) atoms. The number of hydrogen-bond acceptors (Lipinski definition) is 4. The van der Waals surface area contributed by atoms with E-state index in [9.17, 15) is 18.0 Å². The summed E-state index contributed by atoms with van der Waals surface area (Å²) >= 11 is 3.05. The first-order chi connectivity index (χ1) is 9.32. The van der Waals surface area contributed by atoms with Gasteiger partial charge >= 0.3 is 12.3 Å². The lowest BCUT2D eigenvalue weighted by atomic mass is 10.0. The Bertz CT molecular complexity index is 552. The van der Waals surface area contributed by atoms with E-state index in [4.69, 9.17) is 10.00 Å². The maximum atomic E-state index is 12.4. The highest BCUT2D eigenvalue weighted by Gasteiger charge is 2.34. The summed E-state index contributed by atoms with van der Waals surface area (Å²) in [5.74, 6) is -1.69. The first kappa shape index (κ1) is 16.3. The summed E-state index contributed by atoms with van der Waals surface area (Å²) in [6.45, 7) is 1.53. The lowest BCUT2D eigenvalue weighted by Crippen LogP contribution is -2.20. The second-order valence-corrected chi connectivity index (χ2v) is 4.08. The normalized spacial score (nSPS) is 10.8. The highest BCUT2D eigenvalue weighted by molar-refractivity contribution is 9.08. The number of halogens is 4. The third kappa shape index (κ3) is 4.13. The van der Waals surface area contributed by atoms with Gasteiger partial charge in [0.05, 0.1) is 18.2 Å². The molecule has 0 aliphatic heterocycles. The van der Waals surface area contributed by atoms with Gasteiger partial charge in [-0.15, -0.1) is 13.2 Å². The van der Waals surface area contributed by atoms with Crippen LogP contribution < -0.4 is 4.74 Å². The van der Waals surface area contributed by atoms with Gasteiger partial charge in [0.1, 0.15) is 11.3 Å². The fraction of sp³-hybridized carbons (Fsp3) is 0.333. The Morgan fingerprint density at radius 1 is 1.45 bits per heavy atom. The lowest BCUT2D eigenvalue weighted by molar-refractivity contribution is -0.274. The summed E-state index contributed by atoms with van der Waals surface area (Å²) in [6.07, 6.45) is -4.97. The van der Waals surface area contributed by atoms with Gasteiger partial charge in [-0.05, 0) is 24.6 Å². The number of hydrogen-bond donors (Lipinski definition) is 0. The number of carbonyl (C=O) groups is 1. The average Bonchev–Trinajstić information content (AvgIpc) is 2.35. The number of nitriles is 1. The molecule has 1 aromatic rings. The molecular formula is C12H9BrF3NO3. The highest BCUT2D eigenvalue weighted by atomic mass is 79.9. The van der Waals surface area contributed by atoms with E-state index in [1.54, 1.807) is 6.07 Å². The zero-order valence-electron chi connectivity index (χ0n) is 10.3. The average molecular weight is 352 g/mol. The maximum Gasteiger partial charge on any atom is 0.573 e. The van der Waals surface area contributed by atoms with Crippen molar-refractivity contribution in [3.63, 3.8) is 0 Å². The summed E-state index contributed by atoms with van der Waals surface area (Å²) in [4.78, 5) is 11.8. The molecule has 0 radical (unpaired) electrons. The molecule has 0 spiro atoms. The van der Waals surface area contributed by atoms with Gasteiger partial charge in [-0.25, -0.2) is 4.79 Å². The molecule has 0 aliphatic carbocycles. The van der Waals surface area contributed by atoms with Crippen LogP contribution in [0.3, 0.4) is 0 Å². The molecule has 0 unspecified atom stereocenters. The number of benzene rings is 1. The minimum absolute atomic E-state index is 0.00597. The Hall–Kier alpha value is -1.75. The summed E-state index contributed by atoms with van der Waals surface area (Å²) < 4.78 is 45.6. The van der Waals surface area contributed by atoms with Crippen molar-refractivity contribution in [2.45, 2.75) is 18.6 Å². The van der Waals surface area contributed by atoms with Crippen molar-refractivity contribution >= 4 is 21.9 Å². The van der Waals surface area contributed by atoms with E-state index < -0.39 is 18.1 Å². The molecule has 8 heteroatoms. The smallest absolute Gasteiger partial charge is 0.462 e. The third-order valence-corrected chi connectivity index (χ3v) is 2.77. The quantitative estimate of drug-likeness (QED) is 0.615. The Labute approximate surface area is 121 Å². The molecule has 0 amide bonds. The van der Waals surface area contributed by atoms with Crippen LogP contribution in [0, 0.1) is 11.3 Å². The largest absolute Gasteiger partial charge is 0.573 e. The molecule has 0 atom stereocenters. The van der Waals surface area contributed by atoms with E-state index in [0.717, 1.165) is 6.07 Å². The van der Waals surface area contributed by atoms with Gasteiger partial charge in [0.15, 0.2) is 0 Å². The predicted octanol–water partition coefficient (Wildman–Crippen LogP) is 3.53. The minimum atomic E-state index is -4.97. The van der Waals surface area contributed by atoms with Crippen molar-refractivity contribution in [2.75, 3.05) is 6.61 Å². The van der Waals surface area contributed by atoms with Gasteiger partial charge in [0.25, 0.3) is 0 Å². The van der Waals surface area contributed by atoms with Gasteiger partial charge in [-0.1, -0.05) is 15.9 Å². The van der Waals surface area contributed by atoms with E-state index in [2.05, 4.69) is 20.7 Å². The third-order valence-electron chi connectivity index (χ3n) is 2.16. The number of ether oxygens (including phenoxy) is 2. The molecule has 1 rings (SSSR count). The molecule has 0 aliphatic rings. The molecule has 0 saturated carbocycles. The Balaban J connectivity index is 3.43. The van der Waals surface area contributed by atoms with Gasteiger partial charge in [0.2, 0.25) is 0 Å². The molecular weight excluding hydrogens is 343 g/mol. The topological polar surface area (TPSA) is 59.3 Å². The van der Waals surface area contributed by atoms with Crippen LogP contribution in [0.5, 0.6) is 5.75 Å². The monoisotopic (exact) mass is 351 g/mol. The van der Waals surface area contributed by atoms with Crippen molar-refractivity contribution in [3.05, 3.63) is 28.8 Å². The van der Waals surface area contributed by atoms with Crippen LogP contribution >= 0.6 is 15.9 Å². The van der Waals surface area contributed by atoms with E-state index in [1.807, 2.05) is 0 Å². The Morgan fingerprint density at radius 3 is 2.55 bits per heavy atom. The second-order valence-electron chi connectivity index (χ2n) is 3.52. The molecule has 1 aromatic carbocycles. The zero-order chi connectivity index (χ0) is 15.3. The van der Waals surface area contributed by atoms with E-state index in [0.29, 0.717) is 0 Å². The van der Waals surface area contributed by atoms with Gasteiger partial charge in [-0.2, -0.15) is 5.26 Å². The van der Waals surface area contributed by atoms with Crippen molar-refractivity contribution in [1.29, 1.82) is 5.26 Å². The van der Waals surface area contributed by atoms with E-state index in [-0.39, 0.29) is 28.6 Å². The first-order valence-electron chi connectivity index (χ1n) is 5.38. The second kappa shape index (κ2) is 6.61. The summed E-state index contributed by atoms with van der Waals surface area (Å²) in [5.41, 5.74) is -0.214. The van der Waals surface area contributed by atoms with Crippen LogP contribution in [0.1, 0.15) is 28.4 Å². The Morgan fingerprint density at radius 2 is 2.10 bits per heavy atom. The molecule has 0 saturated heterocycles. The lowest BCUT2D eigenvalue weighted by Gasteiger charge is -2.15. The van der Waals surface area contributed by atoms with Crippen LogP contribution in [0.2, 0.25) is 0 Å². The Kier molecular flexibility index (Phi) is 5.39. The highest BCUT2D eigenvalue weighted by Crippen LogP contribution is 2.31.